The van der Waals surface area contributed by atoms with Crippen molar-refractivity contribution in [1.82, 2.24) is 9.88 Å². The van der Waals surface area contributed by atoms with Gasteiger partial charge in [0.15, 0.2) is 0 Å². The van der Waals surface area contributed by atoms with E-state index < -0.39 is 0 Å². The first-order valence-corrected chi connectivity index (χ1v) is 9.38. The molecule has 5 rings (SSSR count). The molecule has 0 unspecified atom stereocenters. The van der Waals surface area contributed by atoms with Gasteiger partial charge in [-0.3, -0.25) is 14.6 Å². The molecule has 4 aliphatic carbocycles. The van der Waals surface area contributed by atoms with Gasteiger partial charge in [0.1, 0.15) is 0 Å². The van der Waals surface area contributed by atoms with Gasteiger partial charge in [-0.1, -0.05) is 0 Å². The van der Waals surface area contributed by atoms with Crippen molar-refractivity contribution in [2.75, 3.05) is 13.7 Å². The van der Waals surface area contributed by atoms with Crippen molar-refractivity contribution < 1.29 is 14.3 Å². The first-order valence-electron chi connectivity index (χ1n) is 9.38. The van der Waals surface area contributed by atoms with Crippen LogP contribution in [0.5, 0.6) is 0 Å². The van der Waals surface area contributed by atoms with E-state index in [4.69, 9.17) is 4.74 Å². The first-order chi connectivity index (χ1) is 12.1. The summed E-state index contributed by atoms with van der Waals surface area (Å²) in [5.41, 5.74) is 0.596. The lowest BCUT2D eigenvalue weighted by atomic mass is 9.52. The summed E-state index contributed by atoms with van der Waals surface area (Å²) in [6, 6.07) is 3.54. The minimum atomic E-state index is -0.253. The molecule has 5 nitrogen and oxygen atoms in total. The van der Waals surface area contributed by atoms with E-state index >= 15 is 0 Å². The van der Waals surface area contributed by atoms with Crippen molar-refractivity contribution in [2.24, 2.45) is 17.8 Å². The zero-order valence-corrected chi connectivity index (χ0v) is 14.8. The van der Waals surface area contributed by atoms with Crippen LogP contribution in [-0.4, -0.2) is 41.0 Å². The third-order valence-electron chi connectivity index (χ3n) is 6.52. The summed E-state index contributed by atoms with van der Waals surface area (Å²) in [6.07, 6.45) is 10.8. The van der Waals surface area contributed by atoms with Gasteiger partial charge >= 0.3 is 5.97 Å². The van der Waals surface area contributed by atoms with Crippen LogP contribution >= 0.6 is 0 Å². The smallest absolute Gasteiger partial charge is 0.307 e. The number of ether oxygens (including phenoxy) is 1. The number of methoxy groups -OCH3 is 1. The van der Waals surface area contributed by atoms with E-state index in [-0.39, 0.29) is 23.8 Å². The Hall–Kier alpha value is -1.91. The molecule has 25 heavy (non-hydrogen) atoms. The van der Waals surface area contributed by atoms with Crippen molar-refractivity contribution in [3.63, 3.8) is 0 Å². The second-order valence-corrected chi connectivity index (χ2v) is 8.16. The second-order valence-electron chi connectivity index (χ2n) is 8.16. The van der Waals surface area contributed by atoms with Crippen molar-refractivity contribution >= 4 is 11.9 Å². The summed E-state index contributed by atoms with van der Waals surface area (Å²) in [7, 11) is 1.40. The Labute approximate surface area is 148 Å². The van der Waals surface area contributed by atoms with E-state index in [9.17, 15) is 9.59 Å². The molecule has 4 bridgehead atoms. The highest BCUT2D eigenvalue weighted by Gasteiger charge is 2.54. The number of aromatic nitrogens is 1. The molecule has 0 radical (unpaired) electrons. The molecule has 0 aromatic carbocycles. The highest BCUT2D eigenvalue weighted by Crippen LogP contribution is 2.58. The lowest BCUT2D eigenvalue weighted by Gasteiger charge is -2.60. The number of nitrogens with zero attached hydrogens (tertiary/aromatic N) is 2. The maximum absolute atomic E-state index is 13.3. The maximum Gasteiger partial charge on any atom is 0.307 e. The number of rotatable bonds is 5. The number of hydrogen-bond acceptors (Lipinski definition) is 4. The fourth-order valence-corrected chi connectivity index (χ4v) is 5.91. The lowest BCUT2D eigenvalue weighted by Crippen LogP contribution is -2.61. The average molecular weight is 342 g/mol. The molecule has 0 aliphatic heterocycles. The van der Waals surface area contributed by atoms with E-state index in [0.717, 1.165) is 37.0 Å². The number of amides is 1. The Morgan fingerprint density at radius 2 is 1.68 bits per heavy atom. The van der Waals surface area contributed by atoms with E-state index in [1.165, 1.54) is 26.4 Å². The minimum Gasteiger partial charge on any atom is -0.469 e. The van der Waals surface area contributed by atoms with Crippen LogP contribution in [0, 0.1) is 17.8 Å². The molecular weight excluding hydrogens is 316 g/mol. The van der Waals surface area contributed by atoms with Gasteiger partial charge in [0.05, 0.1) is 13.5 Å². The summed E-state index contributed by atoms with van der Waals surface area (Å²) >= 11 is 0. The maximum atomic E-state index is 13.3. The molecule has 0 atom stereocenters. The molecule has 1 aromatic heterocycles. The predicted octanol–water partition coefficient (Wildman–Crippen LogP) is 3.06. The number of hydrogen-bond donors (Lipinski definition) is 0. The van der Waals surface area contributed by atoms with Crippen LogP contribution in [0.4, 0.5) is 0 Å². The van der Waals surface area contributed by atoms with Gasteiger partial charge in [-0.25, -0.2) is 0 Å². The summed E-state index contributed by atoms with van der Waals surface area (Å²) in [5, 5.41) is 0. The van der Waals surface area contributed by atoms with Gasteiger partial charge in [-0.15, -0.1) is 0 Å². The highest BCUT2D eigenvalue weighted by atomic mass is 16.5. The van der Waals surface area contributed by atoms with Crippen LogP contribution in [0.1, 0.15) is 55.3 Å². The standard InChI is InChI=1S/C20H26N2O3/c1-25-18(23)4-7-22(19(24)17-2-5-21-6-3-17)20-11-14-8-15(12-20)10-16(9-14)13-20/h2-3,5-6,14-16H,4,7-13H2,1H3. The van der Waals surface area contributed by atoms with Crippen molar-refractivity contribution in [1.29, 1.82) is 0 Å². The van der Waals surface area contributed by atoms with Crippen molar-refractivity contribution in [2.45, 2.75) is 50.5 Å². The van der Waals surface area contributed by atoms with Crippen molar-refractivity contribution in [3.8, 4) is 0 Å². The van der Waals surface area contributed by atoms with Gasteiger partial charge in [-0.2, -0.15) is 0 Å². The normalized spacial score (nSPS) is 32.4. The summed E-state index contributed by atoms with van der Waals surface area (Å²) in [5.74, 6) is 2.02. The molecule has 1 aromatic rings. The third-order valence-corrected chi connectivity index (χ3v) is 6.52. The topological polar surface area (TPSA) is 59.5 Å². The van der Waals surface area contributed by atoms with Crippen molar-refractivity contribution in [3.05, 3.63) is 30.1 Å². The Bertz CT molecular complexity index is 623. The molecule has 1 heterocycles. The van der Waals surface area contributed by atoms with E-state index in [0.29, 0.717) is 12.1 Å². The Morgan fingerprint density at radius 1 is 1.12 bits per heavy atom. The molecule has 4 saturated carbocycles. The van der Waals surface area contributed by atoms with E-state index in [1.807, 2.05) is 4.90 Å². The Morgan fingerprint density at radius 3 is 2.20 bits per heavy atom. The average Bonchev–Trinajstić information content (AvgIpc) is 2.61. The van der Waals surface area contributed by atoms with Gasteiger partial charge in [0.2, 0.25) is 0 Å². The zero-order chi connectivity index (χ0) is 17.4. The molecule has 1 amide bonds. The number of pyridine rings is 1. The molecule has 5 heteroatoms. The van der Waals surface area contributed by atoms with Crippen LogP contribution in [0.3, 0.4) is 0 Å². The van der Waals surface area contributed by atoms with Crippen LogP contribution < -0.4 is 0 Å². The SMILES string of the molecule is COC(=O)CCN(C(=O)c1ccncc1)C12CC3CC(CC(C3)C1)C2. The number of carbonyl (C=O) groups is 2. The zero-order valence-electron chi connectivity index (χ0n) is 14.8. The summed E-state index contributed by atoms with van der Waals surface area (Å²) in [6.45, 7) is 0.444. The monoisotopic (exact) mass is 342 g/mol. The molecular formula is C20H26N2O3. The first kappa shape index (κ1) is 16.6. The second kappa shape index (κ2) is 6.43. The molecule has 0 spiro atoms. The minimum absolute atomic E-state index is 0.0354. The van der Waals surface area contributed by atoms with Gasteiger partial charge in [0, 0.05) is 30.0 Å². The van der Waals surface area contributed by atoms with E-state index in [1.54, 1.807) is 24.5 Å². The number of carbonyl (C=O) groups excluding carboxylic acids is 2. The third kappa shape index (κ3) is 3.05. The number of esters is 1. The lowest BCUT2D eigenvalue weighted by molar-refractivity contribution is -0.141. The van der Waals surface area contributed by atoms with Crippen LogP contribution in [0.15, 0.2) is 24.5 Å². The van der Waals surface area contributed by atoms with Crippen LogP contribution in [0.2, 0.25) is 0 Å². The van der Waals surface area contributed by atoms with Crippen LogP contribution in [0.25, 0.3) is 0 Å². The Kier molecular flexibility index (Phi) is 4.26. The van der Waals surface area contributed by atoms with Gasteiger partial charge in [0.25, 0.3) is 5.91 Å². The van der Waals surface area contributed by atoms with Crippen LogP contribution in [-0.2, 0) is 9.53 Å². The molecule has 4 fully saturated rings. The highest BCUT2D eigenvalue weighted by molar-refractivity contribution is 5.94. The van der Waals surface area contributed by atoms with Gasteiger partial charge in [-0.05, 0) is 68.4 Å². The molecule has 4 aliphatic rings. The van der Waals surface area contributed by atoms with Gasteiger partial charge < -0.3 is 9.64 Å². The van der Waals surface area contributed by atoms with E-state index in [2.05, 4.69) is 4.98 Å². The predicted molar refractivity (Wildman–Crippen MR) is 92.8 cm³/mol. The summed E-state index contributed by atoms with van der Waals surface area (Å²) in [4.78, 5) is 31.1. The fraction of sp³-hybridized carbons (Fsp3) is 0.650. The quantitative estimate of drug-likeness (QED) is 0.772. The molecule has 0 N–H and O–H groups in total. The fourth-order valence-electron chi connectivity index (χ4n) is 5.91. The Balaban J connectivity index is 1.63. The largest absolute Gasteiger partial charge is 0.469 e. The molecule has 134 valence electrons. The molecule has 0 saturated heterocycles. The summed E-state index contributed by atoms with van der Waals surface area (Å²) < 4.78 is 4.82.